The van der Waals surface area contributed by atoms with Gasteiger partial charge >= 0.3 is 5.97 Å². The van der Waals surface area contributed by atoms with E-state index in [-0.39, 0.29) is 6.61 Å². The molecule has 0 spiro atoms. The van der Waals surface area contributed by atoms with Crippen LogP contribution in [-0.4, -0.2) is 22.4 Å². The fourth-order valence-electron chi connectivity index (χ4n) is 2.58. The smallest absolute Gasteiger partial charge is 0.349 e. The number of carbonyl (C=O) groups is 1. The lowest BCUT2D eigenvalue weighted by Crippen LogP contribution is -2.40. The minimum atomic E-state index is -1.31. The maximum atomic E-state index is 12.8. The Morgan fingerprint density at radius 2 is 1.78 bits per heavy atom. The van der Waals surface area contributed by atoms with Crippen LogP contribution in [0.1, 0.15) is 20.8 Å². The Morgan fingerprint density at radius 1 is 1.09 bits per heavy atom. The zero-order valence-corrected chi connectivity index (χ0v) is 14.1. The number of hydrogen-bond donors (Lipinski definition) is 0. The van der Waals surface area contributed by atoms with E-state index in [9.17, 15) is 9.00 Å². The minimum absolute atomic E-state index is 0.288. The Kier molecular flexibility index (Phi) is 3.98. The monoisotopic (exact) mass is 330 g/mol. The van der Waals surface area contributed by atoms with Crippen LogP contribution in [0.4, 0.5) is 0 Å². The molecule has 1 atom stereocenters. The summed E-state index contributed by atoms with van der Waals surface area (Å²) in [6.07, 6.45) is 0. The molecule has 5 heteroatoms. The van der Waals surface area contributed by atoms with E-state index >= 15 is 0 Å². The minimum Gasteiger partial charge on any atom is -0.475 e. The second-order valence-corrected chi connectivity index (χ2v) is 7.12. The topological polar surface area (TPSA) is 52.6 Å². The summed E-state index contributed by atoms with van der Waals surface area (Å²) >= 11 is 0. The van der Waals surface area contributed by atoms with Gasteiger partial charge in [-0.3, -0.25) is 0 Å². The molecular formula is C18H18O4S. The van der Waals surface area contributed by atoms with Crippen molar-refractivity contribution >= 4 is 16.8 Å². The number of rotatable bonds is 4. The van der Waals surface area contributed by atoms with Crippen LogP contribution in [0.5, 0.6) is 5.75 Å². The van der Waals surface area contributed by atoms with Crippen LogP contribution in [-0.2, 0) is 20.3 Å². The van der Waals surface area contributed by atoms with Crippen molar-refractivity contribution in [3.63, 3.8) is 0 Å². The molecule has 0 N–H and O–H groups in total. The summed E-state index contributed by atoms with van der Waals surface area (Å²) in [7, 11) is -1.31. The van der Waals surface area contributed by atoms with Crippen molar-refractivity contribution in [1.29, 1.82) is 0 Å². The molecule has 0 fully saturated rings. The maximum Gasteiger partial charge on any atom is 0.349 e. The van der Waals surface area contributed by atoms with E-state index in [2.05, 4.69) is 0 Å². The van der Waals surface area contributed by atoms with E-state index in [1.807, 2.05) is 36.4 Å². The molecule has 2 aromatic carbocycles. The molecule has 0 aliphatic carbocycles. The zero-order valence-electron chi connectivity index (χ0n) is 13.3. The SMILES string of the molecule is CCOC(=O)C(C)(C)Oc1cccc2c1S(=O)c1ccccc1-2. The van der Waals surface area contributed by atoms with Crippen LogP contribution < -0.4 is 4.74 Å². The van der Waals surface area contributed by atoms with E-state index in [1.54, 1.807) is 26.8 Å². The summed E-state index contributed by atoms with van der Waals surface area (Å²) in [5.41, 5.74) is 0.681. The Bertz CT molecular complexity index is 795. The number of esters is 1. The molecule has 0 saturated heterocycles. The van der Waals surface area contributed by atoms with E-state index in [1.165, 1.54) is 0 Å². The maximum absolute atomic E-state index is 12.8. The predicted octanol–water partition coefficient (Wildman–Crippen LogP) is 3.55. The van der Waals surface area contributed by atoms with Crippen molar-refractivity contribution in [3.05, 3.63) is 42.5 Å². The molecule has 120 valence electrons. The van der Waals surface area contributed by atoms with Crippen molar-refractivity contribution in [2.45, 2.75) is 36.2 Å². The molecule has 23 heavy (non-hydrogen) atoms. The molecule has 0 aromatic heterocycles. The number of fused-ring (bicyclic) bond motifs is 3. The summed E-state index contributed by atoms with van der Waals surface area (Å²) in [4.78, 5) is 13.4. The fourth-order valence-corrected chi connectivity index (χ4v) is 4.05. The Morgan fingerprint density at radius 3 is 2.52 bits per heavy atom. The van der Waals surface area contributed by atoms with Gasteiger partial charge in [0.05, 0.1) is 27.2 Å². The van der Waals surface area contributed by atoms with Crippen molar-refractivity contribution < 1.29 is 18.5 Å². The second kappa shape index (κ2) is 5.81. The third-order valence-electron chi connectivity index (χ3n) is 3.67. The molecule has 0 saturated carbocycles. The average molecular weight is 330 g/mol. The summed E-state index contributed by atoms with van der Waals surface area (Å²) in [5, 5.41) is 0. The summed E-state index contributed by atoms with van der Waals surface area (Å²) < 4.78 is 23.7. The first kappa shape index (κ1) is 15.7. The Balaban J connectivity index is 2.02. The number of hydrogen-bond acceptors (Lipinski definition) is 4. The summed E-state index contributed by atoms with van der Waals surface area (Å²) in [6, 6.07) is 13.1. The third-order valence-corrected chi connectivity index (χ3v) is 5.22. The molecular weight excluding hydrogens is 312 g/mol. The highest BCUT2D eigenvalue weighted by Crippen LogP contribution is 2.45. The van der Waals surface area contributed by atoms with Gasteiger partial charge < -0.3 is 9.47 Å². The highest BCUT2D eigenvalue weighted by molar-refractivity contribution is 7.86. The van der Waals surface area contributed by atoms with Gasteiger partial charge in [0.2, 0.25) is 0 Å². The van der Waals surface area contributed by atoms with E-state index in [0.29, 0.717) is 10.6 Å². The molecule has 2 aromatic rings. The van der Waals surface area contributed by atoms with Gasteiger partial charge in [-0.1, -0.05) is 30.3 Å². The van der Waals surface area contributed by atoms with Crippen molar-refractivity contribution in [2.75, 3.05) is 6.61 Å². The number of ether oxygens (including phenoxy) is 2. The van der Waals surface area contributed by atoms with Gasteiger partial charge in [-0.25, -0.2) is 9.00 Å². The Hall–Kier alpha value is -2.14. The largest absolute Gasteiger partial charge is 0.475 e. The van der Waals surface area contributed by atoms with Crippen LogP contribution in [0.15, 0.2) is 52.3 Å². The molecule has 1 unspecified atom stereocenters. The normalized spacial score (nSPS) is 15.7. The van der Waals surface area contributed by atoms with Gasteiger partial charge in [0.1, 0.15) is 5.75 Å². The van der Waals surface area contributed by atoms with Crippen LogP contribution in [0, 0.1) is 0 Å². The predicted molar refractivity (Wildman–Crippen MR) is 87.9 cm³/mol. The number of carbonyl (C=O) groups excluding carboxylic acids is 1. The van der Waals surface area contributed by atoms with Gasteiger partial charge in [-0.15, -0.1) is 0 Å². The average Bonchev–Trinajstić information content (AvgIpc) is 2.82. The van der Waals surface area contributed by atoms with Crippen molar-refractivity contribution in [1.82, 2.24) is 0 Å². The van der Waals surface area contributed by atoms with Crippen LogP contribution in [0.3, 0.4) is 0 Å². The van der Waals surface area contributed by atoms with Gasteiger partial charge in [-0.2, -0.15) is 0 Å². The number of benzene rings is 2. The molecule has 1 aliphatic rings. The molecule has 1 aliphatic heterocycles. The fraction of sp³-hybridized carbons (Fsp3) is 0.278. The van der Waals surface area contributed by atoms with Crippen LogP contribution in [0.2, 0.25) is 0 Å². The lowest BCUT2D eigenvalue weighted by atomic mass is 10.1. The van der Waals surface area contributed by atoms with Crippen molar-refractivity contribution in [2.24, 2.45) is 0 Å². The van der Waals surface area contributed by atoms with Gasteiger partial charge in [0.15, 0.2) is 5.60 Å². The quantitative estimate of drug-likeness (QED) is 0.687. The van der Waals surface area contributed by atoms with Gasteiger partial charge in [0, 0.05) is 5.56 Å². The van der Waals surface area contributed by atoms with E-state index < -0.39 is 22.4 Å². The standard InChI is InChI=1S/C18H18O4S/c1-4-21-17(19)18(2,3)22-14-10-7-9-13-12-8-5-6-11-15(12)23(20)16(13)14/h5-11H,4H2,1-3H3. The molecule has 1 heterocycles. The van der Waals surface area contributed by atoms with Gasteiger partial charge in [0.25, 0.3) is 0 Å². The first-order valence-corrected chi connectivity index (χ1v) is 8.61. The third kappa shape index (κ3) is 2.65. The van der Waals surface area contributed by atoms with E-state index in [0.717, 1.165) is 16.0 Å². The molecule has 0 amide bonds. The first-order valence-electron chi connectivity index (χ1n) is 7.46. The highest BCUT2D eigenvalue weighted by Gasteiger charge is 2.35. The van der Waals surface area contributed by atoms with Crippen molar-refractivity contribution in [3.8, 4) is 16.9 Å². The first-order chi connectivity index (χ1) is 11.0. The lowest BCUT2D eigenvalue weighted by molar-refractivity contribution is -0.158. The second-order valence-electron chi connectivity index (χ2n) is 5.73. The summed E-state index contributed by atoms with van der Waals surface area (Å²) in [6.45, 7) is 5.33. The molecule has 4 nitrogen and oxygen atoms in total. The lowest BCUT2D eigenvalue weighted by Gasteiger charge is -2.25. The van der Waals surface area contributed by atoms with E-state index in [4.69, 9.17) is 9.47 Å². The molecule has 0 bridgehead atoms. The van der Waals surface area contributed by atoms with Crippen LogP contribution in [0.25, 0.3) is 11.1 Å². The molecule has 3 rings (SSSR count). The highest BCUT2D eigenvalue weighted by atomic mass is 32.2. The Labute approximate surface area is 137 Å². The molecule has 0 radical (unpaired) electrons. The zero-order chi connectivity index (χ0) is 16.6. The van der Waals surface area contributed by atoms with Gasteiger partial charge in [-0.05, 0) is 38.5 Å². The summed E-state index contributed by atoms with van der Waals surface area (Å²) in [5.74, 6) is 0.00832. The van der Waals surface area contributed by atoms with Crippen LogP contribution >= 0.6 is 0 Å².